The Bertz CT molecular complexity index is 545. The van der Waals surface area contributed by atoms with Crippen molar-refractivity contribution in [2.45, 2.75) is 18.6 Å². The molecule has 23 heavy (non-hydrogen) atoms. The Kier molecular flexibility index (Phi) is 5.15. The van der Waals surface area contributed by atoms with E-state index in [-0.39, 0.29) is 11.9 Å². The van der Waals surface area contributed by atoms with Crippen LogP contribution >= 0.6 is 0 Å². The summed E-state index contributed by atoms with van der Waals surface area (Å²) in [6, 6.07) is 7.90. The van der Waals surface area contributed by atoms with E-state index < -0.39 is 6.10 Å². The van der Waals surface area contributed by atoms with Gasteiger partial charge in [-0.3, -0.25) is 9.69 Å². The number of nitrogens with zero attached hydrogens (tertiary/aromatic N) is 2. The van der Waals surface area contributed by atoms with Crippen LogP contribution in [0, 0.1) is 0 Å². The summed E-state index contributed by atoms with van der Waals surface area (Å²) >= 11 is 0. The van der Waals surface area contributed by atoms with E-state index in [1.165, 1.54) is 0 Å². The van der Waals surface area contributed by atoms with E-state index in [1.807, 2.05) is 29.2 Å². The molecule has 126 valence electrons. The molecule has 0 aromatic heterocycles. The van der Waals surface area contributed by atoms with Gasteiger partial charge in [0.2, 0.25) is 5.91 Å². The van der Waals surface area contributed by atoms with Crippen molar-refractivity contribution < 1.29 is 19.4 Å². The standard InChI is InChI=1S/C17H24N2O4/c1-22-15-4-2-3-13(9-15)16-10-14(20)11-19(16)12-17(21)18-5-7-23-8-6-18/h2-4,9,14,16,20H,5-8,10-12H2,1H3/t14-,16+/m1/s1. The Morgan fingerprint density at radius 1 is 1.39 bits per heavy atom. The number of likely N-dealkylation sites (tertiary alicyclic amines) is 1. The van der Waals surface area contributed by atoms with Crippen molar-refractivity contribution in [2.24, 2.45) is 0 Å². The summed E-state index contributed by atoms with van der Waals surface area (Å²) in [4.78, 5) is 16.4. The van der Waals surface area contributed by atoms with Gasteiger partial charge in [-0.1, -0.05) is 12.1 Å². The van der Waals surface area contributed by atoms with Crippen LogP contribution in [0.25, 0.3) is 0 Å². The molecule has 1 aromatic carbocycles. The molecule has 2 aliphatic heterocycles. The highest BCUT2D eigenvalue weighted by Crippen LogP contribution is 2.33. The van der Waals surface area contributed by atoms with Crippen molar-refractivity contribution >= 4 is 5.91 Å². The Labute approximate surface area is 136 Å². The van der Waals surface area contributed by atoms with Crippen molar-refractivity contribution in [2.75, 3.05) is 46.5 Å². The third-order valence-corrected chi connectivity index (χ3v) is 4.56. The van der Waals surface area contributed by atoms with Crippen LogP contribution in [-0.2, 0) is 9.53 Å². The highest BCUT2D eigenvalue weighted by molar-refractivity contribution is 5.78. The SMILES string of the molecule is COc1cccc([C@@H]2C[C@@H](O)CN2CC(=O)N2CCOCC2)c1. The van der Waals surface area contributed by atoms with Gasteiger partial charge in [-0.15, -0.1) is 0 Å². The Morgan fingerprint density at radius 3 is 2.91 bits per heavy atom. The fourth-order valence-electron chi connectivity index (χ4n) is 3.34. The molecule has 2 aliphatic rings. The van der Waals surface area contributed by atoms with Gasteiger partial charge in [0.1, 0.15) is 5.75 Å². The predicted octanol–water partition coefficient (Wildman–Crippen LogP) is 0.662. The van der Waals surface area contributed by atoms with E-state index in [0.29, 0.717) is 45.8 Å². The molecule has 3 rings (SSSR count). The molecule has 0 aliphatic carbocycles. The number of β-amino-alcohol motifs (C(OH)–C–C–N with tert-alkyl or cyclic N) is 1. The first-order chi connectivity index (χ1) is 11.2. The van der Waals surface area contributed by atoms with Crippen LogP contribution in [-0.4, -0.2) is 73.4 Å². The number of rotatable bonds is 4. The fourth-order valence-corrected chi connectivity index (χ4v) is 3.34. The number of hydrogen-bond donors (Lipinski definition) is 1. The van der Waals surface area contributed by atoms with Gasteiger partial charge in [-0.2, -0.15) is 0 Å². The van der Waals surface area contributed by atoms with Crippen molar-refractivity contribution in [3.8, 4) is 5.75 Å². The lowest BCUT2D eigenvalue weighted by molar-refractivity contribution is -0.136. The second-order valence-electron chi connectivity index (χ2n) is 6.10. The molecule has 1 N–H and O–H groups in total. The number of carbonyl (C=O) groups is 1. The van der Waals surface area contributed by atoms with Gasteiger partial charge in [0.25, 0.3) is 0 Å². The van der Waals surface area contributed by atoms with Crippen LogP contribution in [0.15, 0.2) is 24.3 Å². The minimum atomic E-state index is -0.399. The molecule has 2 heterocycles. The van der Waals surface area contributed by atoms with Crippen LogP contribution < -0.4 is 4.74 Å². The molecular formula is C17H24N2O4. The second-order valence-corrected chi connectivity index (χ2v) is 6.10. The Hall–Kier alpha value is -1.63. The fraction of sp³-hybridized carbons (Fsp3) is 0.588. The molecular weight excluding hydrogens is 296 g/mol. The molecule has 0 bridgehead atoms. The first-order valence-electron chi connectivity index (χ1n) is 8.09. The highest BCUT2D eigenvalue weighted by Gasteiger charge is 2.34. The quantitative estimate of drug-likeness (QED) is 0.883. The lowest BCUT2D eigenvalue weighted by Crippen LogP contribution is -2.45. The number of aliphatic hydroxyl groups excluding tert-OH is 1. The van der Waals surface area contributed by atoms with E-state index in [1.54, 1.807) is 7.11 Å². The first-order valence-corrected chi connectivity index (χ1v) is 8.09. The average molecular weight is 320 g/mol. The van der Waals surface area contributed by atoms with Crippen LogP contribution in [0.4, 0.5) is 0 Å². The van der Waals surface area contributed by atoms with Crippen LogP contribution in [0.2, 0.25) is 0 Å². The average Bonchev–Trinajstić information content (AvgIpc) is 2.96. The van der Waals surface area contributed by atoms with Gasteiger partial charge < -0.3 is 19.5 Å². The number of benzene rings is 1. The normalized spacial score (nSPS) is 25.6. The number of aliphatic hydroxyl groups is 1. The summed E-state index contributed by atoms with van der Waals surface area (Å²) in [6.45, 7) is 3.37. The maximum Gasteiger partial charge on any atom is 0.236 e. The number of ether oxygens (including phenoxy) is 2. The van der Waals surface area contributed by atoms with E-state index in [4.69, 9.17) is 9.47 Å². The summed E-state index contributed by atoms with van der Waals surface area (Å²) in [5.41, 5.74) is 1.08. The summed E-state index contributed by atoms with van der Waals surface area (Å²) < 4.78 is 10.6. The molecule has 2 atom stereocenters. The third kappa shape index (κ3) is 3.83. The van der Waals surface area contributed by atoms with Crippen LogP contribution in [0.1, 0.15) is 18.0 Å². The zero-order valence-electron chi connectivity index (χ0n) is 13.5. The molecule has 6 nitrogen and oxygen atoms in total. The molecule has 2 fully saturated rings. The van der Waals surface area contributed by atoms with Crippen LogP contribution in [0.3, 0.4) is 0 Å². The number of amides is 1. The van der Waals surface area contributed by atoms with E-state index in [2.05, 4.69) is 4.90 Å². The summed E-state index contributed by atoms with van der Waals surface area (Å²) in [7, 11) is 1.64. The summed E-state index contributed by atoms with van der Waals surface area (Å²) in [5, 5.41) is 10.1. The molecule has 0 saturated carbocycles. The highest BCUT2D eigenvalue weighted by atomic mass is 16.5. The third-order valence-electron chi connectivity index (χ3n) is 4.56. The summed E-state index contributed by atoms with van der Waals surface area (Å²) in [6.07, 6.45) is 0.243. The Morgan fingerprint density at radius 2 is 2.17 bits per heavy atom. The molecule has 0 spiro atoms. The van der Waals surface area contributed by atoms with Gasteiger partial charge in [0, 0.05) is 25.7 Å². The molecule has 0 unspecified atom stereocenters. The maximum absolute atomic E-state index is 12.5. The lowest BCUT2D eigenvalue weighted by Gasteiger charge is -2.30. The molecule has 1 amide bonds. The van der Waals surface area contributed by atoms with Gasteiger partial charge in [0.15, 0.2) is 0 Å². The van der Waals surface area contributed by atoms with Gasteiger partial charge in [-0.05, 0) is 24.1 Å². The monoisotopic (exact) mass is 320 g/mol. The summed E-state index contributed by atoms with van der Waals surface area (Å²) in [5.74, 6) is 0.902. The topological polar surface area (TPSA) is 62.2 Å². The number of methoxy groups -OCH3 is 1. The molecule has 2 saturated heterocycles. The van der Waals surface area contributed by atoms with Crippen LogP contribution in [0.5, 0.6) is 5.75 Å². The van der Waals surface area contributed by atoms with E-state index in [0.717, 1.165) is 11.3 Å². The zero-order chi connectivity index (χ0) is 16.2. The molecule has 1 aromatic rings. The Balaban J connectivity index is 1.70. The van der Waals surface area contributed by atoms with Crippen molar-refractivity contribution in [3.63, 3.8) is 0 Å². The van der Waals surface area contributed by atoms with Gasteiger partial charge in [-0.25, -0.2) is 0 Å². The van der Waals surface area contributed by atoms with Crippen molar-refractivity contribution in [1.82, 2.24) is 9.80 Å². The number of carbonyl (C=O) groups excluding carboxylic acids is 1. The lowest BCUT2D eigenvalue weighted by atomic mass is 10.0. The zero-order valence-corrected chi connectivity index (χ0v) is 13.5. The van der Waals surface area contributed by atoms with Gasteiger partial charge in [0.05, 0.1) is 33.0 Å². The predicted molar refractivity (Wildman–Crippen MR) is 85.3 cm³/mol. The van der Waals surface area contributed by atoms with E-state index in [9.17, 15) is 9.90 Å². The minimum Gasteiger partial charge on any atom is -0.497 e. The van der Waals surface area contributed by atoms with E-state index >= 15 is 0 Å². The molecule has 6 heteroatoms. The maximum atomic E-state index is 12.5. The van der Waals surface area contributed by atoms with Crippen molar-refractivity contribution in [1.29, 1.82) is 0 Å². The second kappa shape index (κ2) is 7.29. The minimum absolute atomic E-state index is 0.0464. The molecule has 0 radical (unpaired) electrons. The first kappa shape index (κ1) is 16.2. The number of morpholine rings is 1. The van der Waals surface area contributed by atoms with Crippen molar-refractivity contribution in [3.05, 3.63) is 29.8 Å². The smallest absolute Gasteiger partial charge is 0.236 e. The number of hydrogen-bond acceptors (Lipinski definition) is 5. The van der Waals surface area contributed by atoms with Gasteiger partial charge >= 0.3 is 0 Å². The largest absolute Gasteiger partial charge is 0.497 e.